The molecule has 2 aromatic heterocycles. The number of carbonyl (C=O) groups excluding carboxylic acids is 3. The van der Waals surface area contributed by atoms with Gasteiger partial charge in [-0.25, -0.2) is 0 Å². The molecule has 4 aliphatic rings. The third-order valence-electron chi connectivity index (χ3n) is 12.0. The molecular formula is C42H49ClN8O4. The molecule has 1 atom stereocenters. The van der Waals surface area contributed by atoms with Crippen molar-refractivity contribution < 1.29 is 19.1 Å². The van der Waals surface area contributed by atoms with Crippen LogP contribution in [0.25, 0.3) is 10.9 Å². The Kier molecular flexibility index (Phi) is 11.7. The van der Waals surface area contributed by atoms with Crippen LogP contribution in [-0.2, 0) is 9.59 Å². The summed E-state index contributed by atoms with van der Waals surface area (Å²) in [6.07, 6.45) is 16.9. The van der Waals surface area contributed by atoms with Gasteiger partial charge in [0.05, 0.1) is 41.4 Å². The number of fused-ring (bicyclic) bond motifs is 1. The van der Waals surface area contributed by atoms with Crippen LogP contribution in [0, 0.1) is 16.7 Å². The lowest BCUT2D eigenvalue weighted by molar-refractivity contribution is -0.134. The molecule has 2 N–H and O–H groups in total. The standard InChI is InChI=1S/C21H28ClN3O2.C21H21N5O2/c1-24-10-6-21(7-11-24)8-12-25(13-9-21)15-2-4-18(22)17(14-15)16-3-5-19(26)23-20(16)27;1-28-20-9-18-16(13-26(25-18)17-5-3-2-4-6-17)8-19(20)24-21(27)15-7-14(10-22)11-23-12-15/h2,4,14,16H,3,5-13H2,1H3,(H,23,26,27);7-9,11-13,17H,2-6H2,1H3,(H,24,27). The topological polar surface area (TPSA) is 145 Å². The quantitative estimate of drug-likeness (QED) is 0.194. The Balaban J connectivity index is 0.000000169. The number of rotatable bonds is 6. The summed E-state index contributed by atoms with van der Waals surface area (Å²) >= 11 is 6.41. The summed E-state index contributed by atoms with van der Waals surface area (Å²) in [7, 11) is 3.78. The van der Waals surface area contributed by atoms with E-state index in [1.165, 1.54) is 76.5 Å². The van der Waals surface area contributed by atoms with E-state index in [9.17, 15) is 14.4 Å². The van der Waals surface area contributed by atoms with Gasteiger partial charge >= 0.3 is 0 Å². The summed E-state index contributed by atoms with van der Waals surface area (Å²) in [4.78, 5) is 45.1. The monoisotopic (exact) mass is 764 g/mol. The van der Waals surface area contributed by atoms with Crippen molar-refractivity contribution in [3.8, 4) is 11.8 Å². The molecule has 3 saturated heterocycles. The predicted octanol–water partition coefficient (Wildman–Crippen LogP) is 7.24. The molecule has 0 bridgehead atoms. The number of hydrogen-bond donors (Lipinski definition) is 2. The van der Waals surface area contributed by atoms with Gasteiger partial charge in [-0.15, -0.1) is 0 Å². The first-order valence-electron chi connectivity index (χ1n) is 19.4. The number of piperidine rings is 3. The molecule has 4 aromatic rings. The number of halogens is 1. The Bertz CT molecular complexity index is 2090. The Labute approximate surface area is 327 Å². The molecule has 55 heavy (non-hydrogen) atoms. The number of amides is 3. The number of methoxy groups -OCH3 is 1. The molecule has 1 unspecified atom stereocenters. The molecule has 5 heterocycles. The molecule has 13 heteroatoms. The lowest BCUT2D eigenvalue weighted by Crippen LogP contribution is -2.46. The molecule has 1 saturated carbocycles. The van der Waals surface area contributed by atoms with E-state index in [0.29, 0.717) is 51.9 Å². The Hall–Kier alpha value is -4.99. The number of imide groups is 1. The molecule has 1 aliphatic carbocycles. The van der Waals surface area contributed by atoms with Crippen LogP contribution in [-0.4, -0.2) is 77.7 Å². The van der Waals surface area contributed by atoms with Gasteiger partial charge < -0.3 is 19.9 Å². The first-order chi connectivity index (χ1) is 26.6. The van der Waals surface area contributed by atoms with Crippen molar-refractivity contribution in [1.82, 2.24) is 25.0 Å². The minimum absolute atomic E-state index is 0.192. The molecule has 3 aliphatic heterocycles. The third-order valence-corrected chi connectivity index (χ3v) is 12.3. The summed E-state index contributed by atoms with van der Waals surface area (Å²) < 4.78 is 7.51. The maximum Gasteiger partial charge on any atom is 0.257 e. The van der Waals surface area contributed by atoms with Crippen LogP contribution < -0.4 is 20.3 Å². The summed E-state index contributed by atoms with van der Waals surface area (Å²) in [6, 6.07) is 13.7. The maximum absolute atomic E-state index is 12.6. The third kappa shape index (κ3) is 8.79. The van der Waals surface area contributed by atoms with E-state index in [1.54, 1.807) is 7.11 Å². The molecule has 3 amide bonds. The van der Waals surface area contributed by atoms with Gasteiger partial charge in [-0.1, -0.05) is 30.9 Å². The predicted molar refractivity (Wildman–Crippen MR) is 212 cm³/mol. The number of nitrogens with zero attached hydrogens (tertiary/aromatic N) is 6. The van der Waals surface area contributed by atoms with Gasteiger partial charge in [-0.3, -0.25) is 29.4 Å². The van der Waals surface area contributed by atoms with Crippen molar-refractivity contribution >= 4 is 51.6 Å². The number of carbonyl (C=O) groups is 3. The van der Waals surface area contributed by atoms with E-state index in [0.717, 1.165) is 48.1 Å². The molecule has 1 spiro atoms. The van der Waals surface area contributed by atoms with Crippen LogP contribution in [0.4, 0.5) is 11.4 Å². The highest BCUT2D eigenvalue weighted by atomic mass is 35.5. The van der Waals surface area contributed by atoms with Crippen molar-refractivity contribution in [3.05, 3.63) is 76.7 Å². The molecule has 0 radical (unpaired) electrons. The largest absolute Gasteiger partial charge is 0.494 e. The summed E-state index contributed by atoms with van der Waals surface area (Å²) in [5.74, 6) is -0.557. The van der Waals surface area contributed by atoms with Crippen molar-refractivity contribution in [3.63, 3.8) is 0 Å². The number of ether oxygens (including phenoxy) is 1. The average molecular weight is 765 g/mol. The van der Waals surface area contributed by atoms with Crippen LogP contribution in [0.5, 0.6) is 5.75 Å². The zero-order chi connectivity index (χ0) is 38.5. The highest BCUT2D eigenvalue weighted by Gasteiger charge is 2.37. The number of benzene rings is 2. The summed E-state index contributed by atoms with van der Waals surface area (Å²) in [6.45, 7) is 4.53. The number of hydrogen-bond acceptors (Lipinski definition) is 9. The molecule has 2 aromatic carbocycles. The van der Waals surface area contributed by atoms with E-state index in [-0.39, 0.29) is 23.6 Å². The second kappa shape index (κ2) is 16.8. The maximum atomic E-state index is 12.6. The first-order valence-corrected chi connectivity index (χ1v) is 19.8. The Morgan fingerprint density at radius 2 is 1.75 bits per heavy atom. The van der Waals surface area contributed by atoms with Gasteiger partial charge in [0.2, 0.25) is 11.8 Å². The van der Waals surface area contributed by atoms with Crippen LogP contribution in [0.3, 0.4) is 0 Å². The van der Waals surface area contributed by atoms with Gasteiger partial charge in [-0.2, -0.15) is 10.4 Å². The van der Waals surface area contributed by atoms with E-state index in [2.05, 4.69) is 49.3 Å². The molecular weight excluding hydrogens is 716 g/mol. The van der Waals surface area contributed by atoms with Crippen molar-refractivity contribution in [2.24, 2.45) is 5.41 Å². The highest BCUT2D eigenvalue weighted by Crippen LogP contribution is 2.43. The average Bonchev–Trinajstić information content (AvgIpc) is 3.63. The van der Waals surface area contributed by atoms with Gasteiger partial charge in [-0.05, 0) is 106 Å². The zero-order valence-corrected chi connectivity index (χ0v) is 32.4. The lowest BCUT2D eigenvalue weighted by Gasteiger charge is -2.47. The van der Waals surface area contributed by atoms with E-state index in [4.69, 9.17) is 26.7 Å². The Morgan fingerprint density at radius 3 is 2.45 bits per heavy atom. The van der Waals surface area contributed by atoms with E-state index < -0.39 is 0 Å². The molecule has 288 valence electrons. The van der Waals surface area contributed by atoms with Crippen LogP contribution in [0.1, 0.15) is 104 Å². The smallest absolute Gasteiger partial charge is 0.257 e. The van der Waals surface area contributed by atoms with Gasteiger partial charge in [0.25, 0.3) is 5.91 Å². The van der Waals surface area contributed by atoms with Crippen molar-refractivity contribution in [2.45, 2.75) is 82.6 Å². The van der Waals surface area contributed by atoms with Crippen molar-refractivity contribution in [2.75, 3.05) is 50.6 Å². The fourth-order valence-electron chi connectivity index (χ4n) is 8.51. The van der Waals surface area contributed by atoms with E-state index >= 15 is 0 Å². The SMILES string of the molecule is CN1CCC2(CC1)CCN(c1ccc(Cl)c(C3CCC(=O)NC3=O)c1)CC2.COc1cc2nn(C3CCCCC3)cc2cc1NC(=O)c1cncc(C#N)c1. The first kappa shape index (κ1) is 38.3. The van der Waals surface area contributed by atoms with Crippen molar-refractivity contribution in [1.29, 1.82) is 5.26 Å². The number of nitriles is 1. The van der Waals surface area contributed by atoms with Crippen LogP contribution in [0.2, 0.25) is 5.02 Å². The van der Waals surface area contributed by atoms with Crippen LogP contribution in [0.15, 0.2) is 55.0 Å². The number of likely N-dealkylation sites (tertiary alicyclic amines) is 1. The normalized spacial score (nSPS) is 20.3. The number of aromatic nitrogens is 3. The molecule has 4 fully saturated rings. The fourth-order valence-corrected chi connectivity index (χ4v) is 8.76. The lowest BCUT2D eigenvalue weighted by atomic mass is 9.71. The van der Waals surface area contributed by atoms with Gasteiger partial charge in [0.1, 0.15) is 11.8 Å². The minimum Gasteiger partial charge on any atom is -0.494 e. The highest BCUT2D eigenvalue weighted by molar-refractivity contribution is 6.31. The zero-order valence-electron chi connectivity index (χ0n) is 31.7. The summed E-state index contributed by atoms with van der Waals surface area (Å²) in [5.41, 5.74) is 4.56. The summed E-state index contributed by atoms with van der Waals surface area (Å²) in [5, 5.41) is 20.6. The van der Waals surface area contributed by atoms with E-state index in [1.807, 2.05) is 30.5 Å². The molecule has 8 rings (SSSR count). The Morgan fingerprint density at radius 1 is 1.00 bits per heavy atom. The van der Waals surface area contributed by atoms with Gasteiger partial charge in [0, 0.05) is 60.3 Å². The fraction of sp³-hybridized carbons (Fsp3) is 0.476. The number of nitrogens with one attached hydrogen (secondary N) is 2. The van der Waals surface area contributed by atoms with Crippen LogP contribution >= 0.6 is 11.6 Å². The minimum atomic E-state index is -0.345. The molecule has 12 nitrogen and oxygen atoms in total. The number of anilines is 2. The number of pyridine rings is 1. The second-order valence-corrected chi connectivity index (χ2v) is 15.9. The second-order valence-electron chi connectivity index (χ2n) is 15.5. The van der Waals surface area contributed by atoms with Gasteiger partial charge in [0.15, 0.2) is 0 Å².